The maximum absolute atomic E-state index is 12.7. The fraction of sp³-hybridized carbons (Fsp3) is 1.00. The molecule has 0 aromatic carbocycles. The average Bonchev–Trinajstić information content (AvgIpc) is 2.31. The molecule has 0 spiro atoms. The lowest BCUT2D eigenvalue weighted by molar-refractivity contribution is -0.184. The van der Waals surface area contributed by atoms with Crippen molar-refractivity contribution in [2.75, 3.05) is 6.54 Å². The smallest absolute Gasteiger partial charge is 0.314 e. The van der Waals surface area contributed by atoms with Crippen LogP contribution in [0.5, 0.6) is 0 Å². The first-order chi connectivity index (χ1) is 9.00. The van der Waals surface area contributed by atoms with Crippen molar-refractivity contribution in [3.8, 4) is 0 Å². The first kappa shape index (κ1) is 15.1. The van der Waals surface area contributed by atoms with E-state index >= 15 is 0 Å². The minimum Gasteiger partial charge on any atom is -0.314 e. The highest BCUT2D eigenvalue weighted by Crippen LogP contribution is 2.42. The summed E-state index contributed by atoms with van der Waals surface area (Å²) in [4.78, 5) is 0. The van der Waals surface area contributed by atoms with Gasteiger partial charge in [0, 0.05) is 6.04 Å². The Morgan fingerprint density at radius 3 is 2.11 bits per heavy atom. The van der Waals surface area contributed by atoms with Crippen LogP contribution in [0, 0.1) is 17.8 Å². The summed E-state index contributed by atoms with van der Waals surface area (Å²) in [6.07, 6.45) is 3.33. The van der Waals surface area contributed by atoms with Gasteiger partial charge in [0.1, 0.15) is 0 Å². The molecule has 0 aromatic heterocycles. The van der Waals surface area contributed by atoms with E-state index in [0.29, 0.717) is 24.8 Å². The second-order valence-corrected chi connectivity index (χ2v) is 6.35. The van der Waals surface area contributed by atoms with E-state index in [0.717, 1.165) is 25.3 Å². The molecule has 1 unspecified atom stereocenters. The Balaban J connectivity index is 1.82. The van der Waals surface area contributed by atoms with Crippen LogP contribution in [0.4, 0.5) is 13.2 Å². The lowest BCUT2D eigenvalue weighted by Gasteiger charge is -2.38. The molecule has 2 fully saturated rings. The molecule has 19 heavy (non-hydrogen) atoms. The summed E-state index contributed by atoms with van der Waals surface area (Å²) in [5.41, 5.74) is 0. The summed E-state index contributed by atoms with van der Waals surface area (Å²) < 4.78 is 38.0. The molecule has 0 radical (unpaired) electrons. The fourth-order valence-corrected chi connectivity index (χ4v) is 3.64. The van der Waals surface area contributed by atoms with Gasteiger partial charge in [-0.25, -0.2) is 0 Å². The standard InChI is InChI=1S/C15H26F3N/c1-2-19-14(10-11-4-3-5-11)12-6-8-13(9-7-12)15(16,17)18/h11-14,19H,2-10H2,1H3. The maximum atomic E-state index is 12.7. The Labute approximate surface area is 114 Å². The Morgan fingerprint density at radius 2 is 1.68 bits per heavy atom. The van der Waals surface area contributed by atoms with Gasteiger partial charge in [0.25, 0.3) is 0 Å². The van der Waals surface area contributed by atoms with Gasteiger partial charge in [0.15, 0.2) is 0 Å². The summed E-state index contributed by atoms with van der Waals surface area (Å²) >= 11 is 0. The van der Waals surface area contributed by atoms with Crippen LogP contribution in [0.3, 0.4) is 0 Å². The van der Waals surface area contributed by atoms with Crippen LogP contribution < -0.4 is 5.32 Å². The monoisotopic (exact) mass is 277 g/mol. The molecule has 112 valence electrons. The Bertz CT molecular complexity index is 265. The van der Waals surface area contributed by atoms with Crippen molar-refractivity contribution in [3.63, 3.8) is 0 Å². The van der Waals surface area contributed by atoms with Crippen LogP contribution in [0.25, 0.3) is 0 Å². The lowest BCUT2D eigenvalue weighted by atomic mass is 9.73. The SMILES string of the molecule is CCNC(CC1CCC1)C1CCC(C(F)(F)F)CC1. The predicted octanol–water partition coefficient (Wildman–Crippen LogP) is 4.52. The van der Waals surface area contributed by atoms with Crippen molar-refractivity contribution in [2.45, 2.75) is 70.5 Å². The molecule has 2 aliphatic carbocycles. The molecule has 1 N–H and O–H groups in total. The van der Waals surface area contributed by atoms with Gasteiger partial charge in [-0.15, -0.1) is 0 Å². The third kappa shape index (κ3) is 4.11. The second-order valence-electron chi connectivity index (χ2n) is 6.35. The average molecular weight is 277 g/mol. The molecule has 0 aliphatic heterocycles. The zero-order valence-electron chi connectivity index (χ0n) is 11.8. The van der Waals surface area contributed by atoms with Gasteiger partial charge >= 0.3 is 6.18 Å². The van der Waals surface area contributed by atoms with Crippen molar-refractivity contribution in [1.29, 1.82) is 0 Å². The third-order valence-corrected chi connectivity index (χ3v) is 5.08. The highest BCUT2D eigenvalue weighted by atomic mass is 19.4. The van der Waals surface area contributed by atoms with Gasteiger partial charge in [-0.3, -0.25) is 0 Å². The van der Waals surface area contributed by atoms with Crippen LogP contribution in [0.2, 0.25) is 0 Å². The van der Waals surface area contributed by atoms with Crippen molar-refractivity contribution >= 4 is 0 Å². The zero-order valence-corrected chi connectivity index (χ0v) is 11.8. The molecule has 1 atom stereocenters. The van der Waals surface area contributed by atoms with Crippen LogP contribution in [-0.2, 0) is 0 Å². The number of rotatable bonds is 5. The summed E-state index contributed by atoms with van der Waals surface area (Å²) in [7, 11) is 0. The molecule has 0 saturated heterocycles. The Hall–Kier alpha value is -0.250. The van der Waals surface area contributed by atoms with E-state index in [9.17, 15) is 13.2 Å². The number of hydrogen-bond donors (Lipinski definition) is 1. The molecule has 0 aromatic rings. The van der Waals surface area contributed by atoms with E-state index in [1.807, 2.05) is 0 Å². The van der Waals surface area contributed by atoms with E-state index < -0.39 is 12.1 Å². The molecule has 4 heteroatoms. The van der Waals surface area contributed by atoms with E-state index in [2.05, 4.69) is 12.2 Å². The molecular weight excluding hydrogens is 251 g/mol. The van der Waals surface area contributed by atoms with Gasteiger partial charge in [-0.1, -0.05) is 26.2 Å². The maximum Gasteiger partial charge on any atom is 0.391 e. The van der Waals surface area contributed by atoms with E-state index in [1.165, 1.54) is 25.7 Å². The van der Waals surface area contributed by atoms with E-state index in [4.69, 9.17) is 0 Å². The summed E-state index contributed by atoms with van der Waals surface area (Å²) in [6, 6.07) is 0.449. The summed E-state index contributed by atoms with van der Waals surface area (Å²) in [5.74, 6) is 0.235. The largest absolute Gasteiger partial charge is 0.391 e. The second kappa shape index (κ2) is 6.47. The third-order valence-electron chi connectivity index (χ3n) is 5.08. The molecule has 2 saturated carbocycles. The van der Waals surface area contributed by atoms with E-state index in [1.54, 1.807) is 0 Å². The number of alkyl halides is 3. The Kier molecular flexibility index (Phi) is 5.15. The van der Waals surface area contributed by atoms with Gasteiger partial charge in [0.05, 0.1) is 5.92 Å². The summed E-state index contributed by atoms with van der Waals surface area (Å²) in [6.45, 7) is 3.02. The van der Waals surface area contributed by atoms with Crippen LogP contribution in [0.1, 0.15) is 58.3 Å². The van der Waals surface area contributed by atoms with Crippen LogP contribution in [0.15, 0.2) is 0 Å². The molecule has 2 rings (SSSR count). The quantitative estimate of drug-likeness (QED) is 0.779. The highest BCUT2D eigenvalue weighted by molar-refractivity contribution is 4.86. The molecular formula is C15H26F3N. The summed E-state index contributed by atoms with van der Waals surface area (Å²) in [5, 5.41) is 3.52. The first-order valence-corrected chi connectivity index (χ1v) is 7.80. The van der Waals surface area contributed by atoms with Crippen molar-refractivity contribution < 1.29 is 13.2 Å². The minimum atomic E-state index is -3.98. The molecule has 1 nitrogen and oxygen atoms in total. The fourth-order valence-electron chi connectivity index (χ4n) is 3.64. The molecule has 0 heterocycles. The highest BCUT2D eigenvalue weighted by Gasteiger charge is 2.42. The van der Waals surface area contributed by atoms with Gasteiger partial charge in [-0.05, 0) is 50.5 Å². The van der Waals surface area contributed by atoms with Crippen molar-refractivity contribution in [1.82, 2.24) is 5.32 Å². The molecule has 0 amide bonds. The molecule has 0 bridgehead atoms. The van der Waals surface area contributed by atoms with Gasteiger partial charge in [0.2, 0.25) is 0 Å². The van der Waals surface area contributed by atoms with Gasteiger partial charge < -0.3 is 5.32 Å². The number of nitrogens with one attached hydrogen (secondary N) is 1. The van der Waals surface area contributed by atoms with Crippen molar-refractivity contribution in [3.05, 3.63) is 0 Å². The number of halogens is 3. The topological polar surface area (TPSA) is 12.0 Å². The zero-order chi connectivity index (χ0) is 13.9. The van der Waals surface area contributed by atoms with Crippen LogP contribution in [-0.4, -0.2) is 18.8 Å². The van der Waals surface area contributed by atoms with Crippen LogP contribution >= 0.6 is 0 Å². The van der Waals surface area contributed by atoms with E-state index in [-0.39, 0.29) is 0 Å². The minimum absolute atomic E-state index is 0.334. The normalized spacial score (nSPS) is 30.9. The Morgan fingerprint density at radius 1 is 1.05 bits per heavy atom. The predicted molar refractivity (Wildman–Crippen MR) is 70.9 cm³/mol. The first-order valence-electron chi connectivity index (χ1n) is 7.80. The van der Waals surface area contributed by atoms with Crippen molar-refractivity contribution in [2.24, 2.45) is 17.8 Å². The molecule has 2 aliphatic rings. The number of hydrogen-bond acceptors (Lipinski definition) is 1. The lowest BCUT2D eigenvalue weighted by Crippen LogP contribution is -2.41. The van der Waals surface area contributed by atoms with Gasteiger partial charge in [-0.2, -0.15) is 13.2 Å².